The summed E-state index contributed by atoms with van der Waals surface area (Å²) in [5, 5.41) is 0. The van der Waals surface area contributed by atoms with Crippen LogP contribution in [-0.4, -0.2) is 31.8 Å². The Morgan fingerprint density at radius 1 is 1.07 bits per heavy atom. The molecule has 0 saturated heterocycles. The van der Waals surface area contributed by atoms with Crippen LogP contribution in [0.1, 0.15) is 42.0 Å². The maximum absolute atomic E-state index is 12.9. The number of nitrogens with zero attached hydrogens (tertiary/aromatic N) is 1. The number of fused-ring (bicyclic) bond motifs is 1. The molecule has 2 aromatic carbocycles. The number of halogens is 3. The molecule has 4 rings (SSSR count). The van der Waals surface area contributed by atoms with E-state index in [-0.39, 0.29) is 18.0 Å². The molecule has 0 bridgehead atoms. The van der Waals surface area contributed by atoms with Gasteiger partial charge in [-0.2, -0.15) is 13.2 Å². The van der Waals surface area contributed by atoms with Crippen LogP contribution >= 0.6 is 0 Å². The number of carbonyl (C=O) groups excluding carboxylic acids is 1. The van der Waals surface area contributed by atoms with E-state index in [2.05, 4.69) is 4.72 Å². The number of hydrogen-bond acceptors (Lipinski definition) is 3. The molecule has 0 aromatic heterocycles. The summed E-state index contributed by atoms with van der Waals surface area (Å²) < 4.78 is 65.8. The second-order valence-corrected chi connectivity index (χ2v) is 9.40. The quantitative estimate of drug-likeness (QED) is 0.749. The number of nitrogens with one attached hydrogen (secondary N) is 1. The summed E-state index contributed by atoms with van der Waals surface area (Å²) in [6.45, 7) is -0.492. The number of aryl methyl sites for hydroxylation is 1. The summed E-state index contributed by atoms with van der Waals surface area (Å²) in [4.78, 5) is 14.2. The third-order valence-corrected chi connectivity index (χ3v) is 6.95. The molecule has 1 fully saturated rings. The highest BCUT2D eigenvalue weighted by Gasteiger charge is 2.40. The van der Waals surface area contributed by atoms with Crippen LogP contribution in [0, 0.1) is 0 Å². The Morgan fingerprint density at radius 3 is 2.50 bits per heavy atom. The summed E-state index contributed by atoms with van der Waals surface area (Å²) in [5.74, 6) is -0.366. The summed E-state index contributed by atoms with van der Waals surface area (Å²) in [7, 11) is -4.26. The Morgan fingerprint density at radius 2 is 1.80 bits per heavy atom. The van der Waals surface area contributed by atoms with Gasteiger partial charge in [-0.05, 0) is 55.0 Å². The monoisotopic (exact) mass is 438 g/mol. The van der Waals surface area contributed by atoms with Gasteiger partial charge in [-0.3, -0.25) is 4.79 Å². The molecular formula is C21H21F3N2O3S. The Hall–Kier alpha value is -2.39. The summed E-state index contributed by atoms with van der Waals surface area (Å²) in [6, 6.07) is 11.3. The average molecular weight is 438 g/mol. The summed E-state index contributed by atoms with van der Waals surface area (Å²) in [6.07, 6.45) is -1.29. The molecule has 0 radical (unpaired) electrons. The van der Waals surface area contributed by atoms with Crippen LogP contribution < -0.4 is 4.72 Å². The third-order valence-electron chi connectivity index (χ3n) is 5.55. The zero-order chi connectivity index (χ0) is 21.5. The van der Waals surface area contributed by atoms with Crippen LogP contribution in [0.25, 0.3) is 0 Å². The topological polar surface area (TPSA) is 66.5 Å². The van der Waals surface area contributed by atoms with Gasteiger partial charge in [0.2, 0.25) is 15.9 Å². The first-order valence-corrected chi connectivity index (χ1v) is 11.2. The number of amides is 1. The SMILES string of the molecule is O=C(CNS(=O)(=O)c1cccc(C(F)(F)F)c1)N(C1CC1)C1CCc2ccccc21. The van der Waals surface area contributed by atoms with Gasteiger partial charge in [-0.15, -0.1) is 0 Å². The summed E-state index contributed by atoms with van der Waals surface area (Å²) >= 11 is 0. The maximum Gasteiger partial charge on any atom is 0.416 e. The minimum Gasteiger partial charge on any atom is -0.332 e. The molecule has 1 unspecified atom stereocenters. The van der Waals surface area contributed by atoms with Crippen molar-refractivity contribution in [3.63, 3.8) is 0 Å². The summed E-state index contributed by atoms with van der Waals surface area (Å²) in [5.41, 5.74) is 1.21. The van der Waals surface area contributed by atoms with Crippen molar-refractivity contribution >= 4 is 15.9 Å². The van der Waals surface area contributed by atoms with Crippen molar-refractivity contribution in [2.45, 2.75) is 48.8 Å². The lowest BCUT2D eigenvalue weighted by Crippen LogP contribution is -2.42. The van der Waals surface area contributed by atoms with E-state index in [1.165, 1.54) is 5.56 Å². The molecule has 160 valence electrons. The predicted molar refractivity (Wildman–Crippen MR) is 104 cm³/mol. The number of sulfonamides is 1. The van der Waals surface area contributed by atoms with Crippen molar-refractivity contribution in [2.75, 3.05) is 6.54 Å². The molecule has 1 atom stereocenters. The van der Waals surface area contributed by atoms with E-state index < -0.39 is 33.2 Å². The first-order valence-electron chi connectivity index (χ1n) is 9.73. The molecule has 30 heavy (non-hydrogen) atoms. The zero-order valence-corrected chi connectivity index (χ0v) is 16.8. The van der Waals surface area contributed by atoms with Crippen LogP contribution in [0.2, 0.25) is 0 Å². The van der Waals surface area contributed by atoms with E-state index in [1.807, 2.05) is 24.3 Å². The highest BCUT2D eigenvalue weighted by Crippen LogP contribution is 2.41. The molecule has 2 aromatic rings. The first kappa shape index (κ1) is 20.9. The van der Waals surface area contributed by atoms with Gasteiger partial charge >= 0.3 is 6.18 Å². The fourth-order valence-electron chi connectivity index (χ4n) is 3.98. The third kappa shape index (κ3) is 4.22. The van der Waals surface area contributed by atoms with Crippen LogP contribution in [-0.2, 0) is 27.4 Å². The second kappa shape index (κ2) is 7.70. The minimum atomic E-state index is -4.65. The molecule has 2 aliphatic carbocycles. The Balaban J connectivity index is 1.49. The molecule has 2 aliphatic rings. The van der Waals surface area contributed by atoms with E-state index in [1.54, 1.807) is 4.90 Å². The Labute approximate surface area is 172 Å². The van der Waals surface area contributed by atoms with Crippen molar-refractivity contribution in [2.24, 2.45) is 0 Å². The van der Waals surface area contributed by atoms with Crippen molar-refractivity contribution < 1.29 is 26.4 Å². The van der Waals surface area contributed by atoms with Crippen molar-refractivity contribution in [1.82, 2.24) is 9.62 Å². The van der Waals surface area contributed by atoms with Crippen molar-refractivity contribution in [3.8, 4) is 0 Å². The lowest BCUT2D eigenvalue weighted by molar-refractivity contribution is -0.137. The van der Waals surface area contributed by atoms with Crippen molar-refractivity contribution in [3.05, 3.63) is 65.2 Å². The molecule has 9 heteroatoms. The fraction of sp³-hybridized carbons (Fsp3) is 0.381. The Bertz CT molecular complexity index is 1070. The maximum atomic E-state index is 12.9. The fourth-order valence-corrected chi connectivity index (χ4v) is 5.00. The number of carbonyl (C=O) groups is 1. The van der Waals surface area contributed by atoms with E-state index in [4.69, 9.17) is 0 Å². The molecule has 1 N–H and O–H groups in total. The number of alkyl halides is 3. The normalized spacial score (nSPS) is 18.8. The van der Waals surface area contributed by atoms with Gasteiger partial charge in [0.25, 0.3) is 0 Å². The molecule has 0 aliphatic heterocycles. The van der Waals surface area contributed by atoms with E-state index in [0.717, 1.165) is 49.4 Å². The molecule has 1 amide bonds. The predicted octanol–water partition coefficient (Wildman–Crippen LogP) is 3.66. The van der Waals surface area contributed by atoms with Gasteiger partial charge in [0.1, 0.15) is 0 Å². The first-order chi connectivity index (χ1) is 14.2. The van der Waals surface area contributed by atoms with Gasteiger partial charge < -0.3 is 4.90 Å². The molecule has 1 saturated carbocycles. The van der Waals surface area contributed by atoms with Crippen LogP contribution in [0.3, 0.4) is 0 Å². The molecular weight excluding hydrogens is 417 g/mol. The highest BCUT2D eigenvalue weighted by molar-refractivity contribution is 7.89. The Kier molecular flexibility index (Phi) is 5.36. The van der Waals surface area contributed by atoms with Gasteiger partial charge in [0.15, 0.2) is 0 Å². The number of benzene rings is 2. The van der Waals surface area contributed by atoms with Crippen molar-refractivity contribution in [1.29, 1.82) is 0 Å². The zero-order valence-electron chi connectivity index (χ0n) is 16.0. The lowest BCUT2D eigenvalue weighted by Gasteiger charge is -2.30. The largest absolute Gasteiger partial charge is 0.416 e. The van der Waals surface area contributed by atoms with Crippen LogP contribution in [0.5, 0.6) is 0 Å². The average Bonchev–Trinajstić information content (AvgIpc) is 3.46. The highest BCUT2D eigenvalue weighted by atomic mass is 32.2. The standard InChI is InChI=1S/C21H21F3N2O3S/c22-21(23,24)15-5-3-6-17(12-15)30(28,29)25-13-20(27)26(16-9-10-16)19-11-8-14-4-1-2-7-18(14)19/h1-7,12,16,19,25H,8-11,13H2. The molecule has 5 nitrogen and oxygen atoms in total. The lowest BCUT2D eigenvalue weighted by atomic mass is 10.1. The van der Waals surface area contributed by atoms with E-state index in [9.17, 15) is 26.4 Å². The van der Waals surface area contributed by atoms with Gasteiger partial charge in [0, 0.05) is 6.04 Å². The van der Waals surface area contributed by atoms with Gasteiger partial charge in [-0.25, -0.2) is 13.1 Å². The smallest absolute Gasteiger partial charge is 0.332 e. The molecule has 0 heterocycles. The minimum absolute atomic E-state index is 0.0757. The van der Waals surface area contributed by atoms with E-state index in [0.29, 0.717) is 6.07 Å². The van der Waals surface area contributed by atoms with Gasteiger partial charge in [-0.1, -0.05) is 30.3 Å². The second-order valence-electron chi connectivity index (χ2n) is 7.64. The number of hydrogen-bond donors (Lipinski definition) is 1. The number of rotatable bonds is 6. The molecule has 0 spiro atoms. The van der Waals surface area contributed by atoms with Crippen LogP contribution in [0.15, 0.2) is 53.4 Å². The van der Waals surface area contributed by atoms with Gasteiger partial charge in [0.05, 0.1) is 23.0 Å². The van der Waals surface area contributed by atoms with E-state index >= 15 is 0 Å². The van der Waals surface area contributed by atoms with Crippen LogP contribution in [0.4, 0.5) is 13.2 Å².